The maximum atomic E-state index is 11.8. The first-order valence-electron chi connectivity index (χ1n) is 4.26. The first-order chi connectivity index (χ1) is 6.57. The molecule has 1 aliphatic rings. The fourth-order valence-electron chi connectivity index (χ4n) is 1.27. The molecule has 0 unspecified atom stereocenters. The second-order valence-electron chi connectivity index (χ2n) is 3.25. The van der Waals surface area contributed by atoms with Crippen LogP contribution in [0.15, 0.2) is 27.0 Å². The van der Waals surface area contributed by atoms with Crippen molar-refractivity contribution in [2.24, 2.45) is 4.36 Å². The Morgan fingerprint density at radius 2 is 2.07 bits per heavy atom. The molecule has 0 saturated carbocycles. The van der Waals surface area contributed by atoms with E-state index in [0.717, 1.165) is 22.4 Å². The van der Waals surface area contributed by atoms with Crippen molar-refractivity contribution in [3.8, 4) is 0 Å². The standard InChI is InChI=1S/C9H9BrClNOS/c10-7-4-8(11)6-9(5-7)12-14(13)2-1-3-14/h4-6H,1-3H2. The van der Waals surface area contributed by atoms with Gasteiger partial charge in [0.25, 0.3) is 0 Å². The van der Waals surface area contributed by atoms with Crippen molar-refractivity contribution >= 4 is 42.9 Å². The summed E-state index contributed by atoms with van der Waals surface area (Å²) in [5, 5.41) is 0.612. The zero-order chi connectivity index (χ0) is 10.2. The highest BCUT2D eigenvalue weighted by atomic mass is 79.9. The molecular formula is C9H9BrClNOS. The van der Waals surface area contributed by atoms with E-state index in [-0.39, 0.29) is 0 Å². The van der Waals surface area contributed by atoms with E-state index < -0.39 is 9.73 Å². The average Bonchev–Trinajstić information content (AvgIpc) is 1.99. The molecule has 0 aliphatic carbocycles. The van der Waals surface area contributed by atoms with Gasteiger partial charge in [0.2, 0.25) is 0 Å². The van der Waals surface area contributed by atoms with Crippen LogP contribution >= 0.6 is 27.5 Å². The Hall–Kier alpha value is -0.0600. The van der Waals surface area contributed by atoms with Gasteiger partial charge in [-0.3, -0.25) is 0 Å². The molecule has 0 spiro atoms. The molecule has 0 aromatic heterocycles. The molecule has 1 aliphatic heterocycles. The molecule has 1 aromatic rings. The summed E-state index contributed by atoms with van der Waals surface area (Å²) >= 11 is 9.18. The fourth-order valence-corrected chi connectivity index (χ4v) is 3.56. The summed E-state index contributed by atoms with van der Waals surface area (Å²) in [6.07, 6.45) is 1.02. The minimum absolute atomic E-state index is 0.612. The van der Waals surface area contributed by atoms with E-state index >= 15 is 0 Å². The second kappa shape index (κ2) is 3.83. The lowest BCUT2D eigenvalue weighted by atomic mass is 10.3. The predicted molar refractivity (Wildman–Crippen MR) is 63.7 cm³/mol. The van der Waals surface area contributed by atoms with E-state index in [1.54, 1.807) is 12.1 Å². The summed E-state index contributed by atoms with van der Waals surface area (Å²) in [5.74, 6) is 1.44. The Bertz CT molecular complexity index is 449. The highest BCUT2D eigenvalue weighted by Crippen LogP contribution is 2.27. The molecule has 0 atom stereocenters. The average molecular weight is 295 g/mol. The lowest BCUT2D eigenvalue weighted by Gasteiger charge is -2.17. The topological polar surface area (TPSA) is 29.4 Å². The summed E-state index contributed by atoms with van der Waals surface area (Å²) in [5.41, 5.74) is 0.703. The Kier molecular flexibility index (Phi) is 2.86. The van der Waals surface area contributed by atoms with E-state index in [1.807, 2.05) is 6.07 Å². The Labute approximate surface area is 97.0 Å². The van der Waals surface area contributed by atoms with E-state index in [9.17, 15) is 4.21 Å². The van der Waals surface area contributed by atoms with E-state index in [4.69, 9.17) is 11.6 Å². The van der Waals surface area contributed by atoms with Gasteiger partial charge in [0.05, 0.1) is 15.4 Å². The highest BCUT2D eigenvalue weighted by Gasteiger charge is 2.19. The number of hydrogen-bond donors (Lipinski definition) is 0. The van der Waals surface area contributed by atoms with Crippen LogP contribution < -0.4 is 0 Å². The zero-order valence-corrected chi connectivity index (χ0v) is 10.5. The number of benzene rings is 1. The molecule has 0 amide bonds. The summed E-state index contributed by atoms with van der Waals surface area (Å²) in [4.78, 5) is 0. The van der Waals surface area contributed by atoms with Crippen LogP contribution in [0.5, 0.6) is 0 Å². The van der Waals surface area contributed by atoms with Gasteiger partial charge in [0.1, 0.15) is 0 Å². The third kappa shape index (κ3) is 2.30. The van der Waals surface area contributed by atoms with Crippen LogP contribution in [0.4, 0.5) is 5.69 Å². The lowest BCUT2D eigenvalue weighted by molar-refractivity contribution is 0.663. The fraction of sp³-hybridized carbons (Fsp3) is 0.333. The smallest absolute Gasteiger partial charge is 0.0756 e. The monoisotopic (exact) mass is 293 g/mol. The van der Waals surface area contributed by atoms with Crippen molar-refractivity contribution in [3.05, 3.63) is 27.7 Å². The zero-order valence-electron chi connectivity index (χ0n) is 7.37. The normalized spacial score (nSPS) is 18.7. The van der Waals surface area contributed by atoms with Crippen LogP contribution in [0.25, 0.3) is 0 Å². The first kappa shape index (κ1) is 10.5. The minimum Gasteiger partial charge on any atom is -0.249 e. The van der Waals surface area contributed by atoms with E-state index in [1.165, 1.54) is 0 Å². The van der Waals surface area contributed by atoms with Gasteiger partial charge in [-0.2, -0.15) is 4.36 Å². The molecule has 14 heavy (non-hydrogen) atoms. The van der Waals surface area contributed by atoms with Crippen LogP contribution in [0.3, 0.4) is 0 Å². The van der Waals surface area contributed by atoms with Gasteiger partial charge < -0.3 is 0 Å². The summed E-state index contributed by atoms with van der Waals surface area (Å²) in [6, 6.07) is 5.35. The third-order valence-corrected chi connectivity index (χ3v) is 5.12. The van der Waals surface area contributed by atoms with Gasteiger partial charge in [-0.25, -0.2) is 4.21 Å². The van der Waals surface area contributed by atoms with Crippen LogP contribution in [0, 0.1) is 0 Å². The summed E-state index contributed by atoms with van der Waals surface area (Å²) in [6.45, 7) is 0. The van der Waals surface area contributed by atoms with Crippen LogP contribution in [0.2, 0.25) is 5.02 Å². The largest absolute Gasteiger partial charge is 0.249 e. The molecule has 1 aromatic carbocycles. The molecule has 0 radical (unpaired) electrons. The second-order valence-corrected chi connectivity index (χ2v) is 7.15. The van der Waals surface area contributed by atoms with E-state index in [2.05, 4.69) is 20.3 Å². The summed E-state index contributed by atoms with van der Waals surface area (Å²) < 4.78 is 16.9. The maximum Gasteiger partial charge on any atom is 0.0756 e. The van der Waals surface area contributed by atoms with E-state index in [0.29, 0.717) is 10.7 Å². The molecule has 2 nitrogen and oxygen atoms in total. The lowest BCUT2D eigenvalue weighted by Crippen LogP contribution is -2.22. The molecule has 5 heteroatoms. The molecular weight excluding hydrogens is 286 g/mol. The predicted octanol–water partition coefficient (Wildman–Crippen LogP) is 3.61. The van der Waals surface area contributed by atoms with Gasteiger partial charge >= 0.3 is 0 Å². The minimum atomic E-state index is -1.93. The quantitative estimate of drug-likeness (QED) is 0.778. The number of rotatable bonds is 1. The first-order valence-corrected chi connectivity index (χ1v) is 7.28. The van der Waals surface area contributed by atoms with Crippen molar-refractivity contribution in [2.75, 3.05) is 11.5 Å². The van der Waals surface area contributed by atoms with Gasteiger partial charge in [-0.15, -0.1) is 0 Å². The van der Waals surface area contributed by atoms with Crippen LogP contribution in [-0.4, -0.2) is 15.7 Å². The van der Waals surface area contributed by atoms with Gasteiger partial charge in [0.15, 0.2) is 0 Å². The number of hydrogen-bond acceptors (Lipinski definition) is 2. The van der Waals surface area contributed by atoms with Crippen LogP contribution in [0.1, 0.15) is 6.42 Å². The molecule has 1 saturated heterocycles. The third-order valence-electron chi connectivity index (χ3n) is 2.05. The number of halogens is 2. The van der Waals surface area contributed by atoms with Crippen molar-refractivity contribution in [1.29, 1.82) is 0 Å². The molecule has 1 heterocycles. The van der Waals surface area contributed by atoms with Gasteiger partial charge in [-0.1, -0.05) is 27.5 Å². The molecule has 0 bridgehead atoms. The highest BCUT2D eigenvalue weighted by molar-refractivity contribution is 9.10. The van der Waals surface area contributed by atoms with Crippen molar-refractivity contribution in [2.45, 2.75) is 6.42 Å². The molecule has 0 N–H and O–H groups in total. The summed E-state index contributed by atoms with van der Waals surface area (Å²) in [7, 11) is -1.93. The van der Waals surface area contributed by atoms with Crippen molar-refractivity contribution in [1.82, 2.24) is 0 Å². The van der Waals surface area contributed by atoms with Gasteiger partial charge in [-0.05, 0) is 24.6 Å². The Morgan fingerprint density at radius 1 is 1.36 bits per heavy atom. The van der Waals surface area contributed by atoms with Crippen molar-refractivity contribution in [3.63, 3.8) is 0 Å². The molecule has 2 rings (SSSR count). The van der Waals surface area contributed by atoms with Crippen molar-refractivity contribution < 1.29 is 4.21 Å². The maximum absolute atomic E-state index is 11.8. The molecule has 1 fully saturated rings. The Morgan fingerprint density at radius 3 is 2.57 bits per heavy atom. The number of nitrogens with zero attached hydrogens (tertiary/aromatic N) is 1. The van der Waals surface area contributed by atoms with Gasteiger partial charge in [0, 0.05) is 21.0 Å². The molecule has 76 valence electrons. The van der Waals surface area contributed by atoms with Crippen LogP contribution in [-0.2, 0) is 9.73 Å². The Balaban J connectivity index is 2.43. The SMILES string of the molecule is O=S1(=Nc2cc(Cl)cc(Br)c2)CCC1.